The van der Waals surface area contributed by atoms with E-state index in [2.05, 4.69) is 41.6 Å². The Morgan fingerprint density at radius 3 is 2.67 bits per heavy atom. The Labute approximate surface area is 108 Å². The third-order valence-electron chi connectivity index (χ3n) is 3.85. The van der Waals surface area contributed by atoms with Crippen LogP contribution in [0.3, 0.4) is 0 Å². The average molecular weight is 241 g/mol. The molecule has 1 aliphatic rings. The van der Waals surface area contributed by atoms with Gasteiger partial charge in [0.2, 0.25) is 0 Å². The van der Waals surface area contributed by atoms with Crippen molar-refractivity contribution in [3.05, 3.63) is 42.7 Å². The monoisotopic (exact) mass is 241 g/mol. The first-order chi connectivity index (χ1) is 8.83. The Kier molecular flexibility index (Phi) is 3.05. The molecule has 1 heterocycles. The van der Waals surface area contributed by atoms with E-state index in [1.54, 1.807) is 6.20 Å². The van der Waals surface area contributed by atoms with Gasteiger partial charge in [0.05, 0.1) is 5.69 Å². The summed E-state index contributed by atoms with van der Waals surface area (Å²) in [5.41, 5.74) is 2.31. The molecule has 0 saturated heterocycles. The predicted molar refractivity (Wildman–Crippen MR) is 74.0 cm³/mol. The van der Waals surface area contributed by atoms with Gasteiger partial charge in [-0.1, -0.05) is 13.3 Å². The van der Waals surface area contributed by atoms with E-state index < -0.39 is 0 Å². The van der Waals surface area contributed by atoms with Crippen LogP contribution in [0, 0.1) is 5.92 Å². The van der Waals surface area contributed by atoms with E-state index in [1.807, 2.05) is 16.9 Å². The van der Waals surface area contributed by atoms with E-state index in [1.165, 1.54) is 24.9 Å². The van der Waals surface area contributed by atoms with Crippen molar-refractivity contribution in [1.29, 1.82) is 0 Å². The van der Waals surface area contributed by atoms with Crippen LogP contribution in [-0.4, -0.2) is 15.8 Å². The summed E-state index contributed by atoms with van der Waals surface area (Å²) in [6.07, 6.45) is 7.75. The maximum atomic E-state index is 4.23. The first kappa shape index (κ1) is 11.3. The smallest absolute Gasteiger partial charge is 0.0647 e. The van der Waals surface area contributed by atoms with E-state index in [-0.39, 0.29) is 0 Å². The van der Waals surface area contributed by atoms with Crippen molar-refractivity contribution in [2.24, 2.45) is 5.92 Å². The van der Waals surface area contributed by atoms with Gasteiger partial charge in [0.1, 0.15) is 0 Å². The molecule has 2 atom stereocenters. The molecule has 0 aliphatic heterocycles. The molecule has 3 nitrogen and oxygen atoms in total. The number of hydrogen-bond acceptors (Lipinski definition) is 2. The first-order valence-electron chi connectivity index (χ1n) is 6.69. The quantitative estimate of drug-likeness (QED) is 0.891. The molecule has 18 heavy (non-hydrogen) atoms. The third kappa shape index (κ3) is 2.26. The summed E-state index contributed by atoms with van der Waals surface area (Å²) in [6.45, 7) is 2.34. The highest BCUT2D eigenvalue weighted by molar-refractivity contribution is 5.49. The maximum Gasteiger partial charge on any atom is 0.0647 e. The standard InChI is InChI=1S/C15H19N3/c1-12-4-2-5-15(12)17-13-6-8-14(9-7-13)18-11-3-10-16-18/h3,6-12,15,17H,2,4-5H2,1H3. The van der Waals surface area contributed by atoms with Crippen LogP contribution in [0.2, 0.25) is 0 Å². The molecule has 1 fully saturated rings. The van der Waals surface area contributed by atoms with Gasteiger partial charge in [-0.3, -0.25) is 0 Å². The predicted octanol–water partition coefficient (Wildman–Crippen LogP) is 3.47. The normalized spacial score (nSPS) is 23.2. The SMILES string of the molecule is CC1CCCC1Nc1ccc(-n2cccn2)cc1. The fraction of sp³-hybridized carbons (Fsp3) is 0.400. The van der Waals surface area contributed by atoms with Crippen molar-refractivity contribution in [1.82, 2.24) is 9.78 Å². The lowest BCUT2D eigenvalue weighted by atomic mass is 10.1. The van der Waals surface area contributed by atoms with Gasteiger partial charge in [0.25, 0.3) is 0 Å². The van der Waals surface area contributed by atoms with E-state index in [0.717, 1.165) is 11.6 Å². The number of benzene rings is 1. The highest BCUT2D eigenvalue weighted by atomic mass is 15.3. The maximum absolute atomic E-state index is 4.23. The summed E-state index contributed by atoms with van der Waals surface area (Å²) in [4.78, 5) is 0. The molecular formula is C15H19N3. The molecule has 0 spiro atoms. The molecule has 0 amide bonds. The molecule has 1 saturated carbocycles. The summed E-state index contributed by atoms with van der Waals surface area (Å²) in [6, 6.07) is 11.1. The van der Waals surface area contributed by atoms with Crippen LogP contribution in [0.4, 0.5) is 5.69 Å². The Morgan fingerprint density at radius 1 is 1.22 bits per heavy atom. The van der Waals surface area contributed by atoms with Gasteiger partial charge in [-0.05, 0) is 49.1 Å². The molecule has 3 heteroatoms. The van der Waals surface area contributed by atoms with Crippen molar-refractivity contribution >= 4 is 5.69 Å². The zero-order valence-corrected chi connectivity index (χ0v) is 10.7. The zero-order chi connectivity index (χ0) is 12.4. The molecule has 94 valence electrons. The minimum atomic E-state index is 0.639. The van der Waals surface area contributed by atoms with Gasteiger partial charge >= 0.3 is 0 Å². The van der Waals surface area contributed by atoms with E-state index in [9.17, 15) is 0 Å². The lowest BCUT2D eigenvalue weighted by Gasteiger charge is -2.18. The summed E-state index contributed by atoms with van der Waals surface area (Å²) in [5.74, 6) is 0.788. The molecule has 0 radical (unpaired) electrons. The number of rotatable bonds is 3. The van der Waals surface area contributed by atoms with Crippen molar-refractivity contribution in [2.75, 3.05) is 5.32 Å². The first-order valence-corrected chi connectivity index (χ1v) is 6.69. The molecule has 1 aliphatic carbocycles. The third-order valence-corrected chi connectivity index (χ3v) is 3.85. The van der Waals surface area contributed by atoms with Crippen molar-refractivity contribution in [2.45, 2.75) is 32.2 Å². The summed E-state index contributed by atoms with van der Waals surface area (Å²) >= 11 is 0. The zero-order valence-electron chi connectivity index (χ0n) is 10.7. The topological polar surface area (TPSA) is 29.9 Å². The van der Waals surface area contributed by atoms with Crippen LogP contribution < -0.4 is 5.32 Å². The fourth-order valence-corrected chi connectivity index (χ4v) is 2.71. The molecule has 0 bridgehead atoms. The summed E-state index contributed by atoms with van der Waals surface area (Å²) in [7, 11) is 0. The van der Waals surface area contributed by atoms with Crippen molar-refractivity contribution in [3.63, 3.8) is 0 Å². The van der Waals surface area contributed by atoms with Gasteiger partial charge in [0, 0.05) is 24.1 Å². The van der Waals surface area contributed by atoms with Crippen LogP contribution in [0.1, 0.15) is 26.2 Å². The van der Waals surface area contributed by atoms with Gasteiger partial charge in [0.15, 0.2) is 0 Å². The molecular weight excluding hydrogens is 222 g/mol. The molecule has 2 unspecified atom stereocenters. The molecule has 1 N–H and O–H groups in total. The van der Waals surface area contributed by atoms with E-state index in [0.29, 0.717) is 6.04 Å². The van der Waals surface area contributed by atoms with Crippen molar-refractivity contribution in [3.8, 4) is 5.69 Å². The number of nitrogens with one attached hydrogen (secondary N) is 1. The lowest BCUT2D eigenvalue weighted by Crippen LogP contribution is -2.21. The fourth-order valence-electron chi connectivity index (χ4n) is 2.71. The average Bonchev–Trinajstić information content (AvgIpc) is 3.03. The highest BCUT2D eigenvalue weighted by Crippen LogP contribution is 2.28. The van der Waals surface area contributed by atoms with Crippen LogP contribution in [0.25, 0.3) is 5.69 Å². The Morgan fingerprint density at radius 2 is 2.06 bits per heavy atom. The van der Waals surface area contributed by atoms with Crippen LogP contribution in [-0.2, 0) is 0 Å². The van der Waals surface area contributed by atoms with Crippen LogP contribution in [0.15, 0.2) is 42.7 Å². The molecule has 3 rings (SSSR count). The Balaban J connectivity index is 1.71. The van der Waals surface area contributed by atoms with Crippen LogP contribution in [0.5, 0.6) is 0 Å². The molecule has 1 aromatic carbocycles. The van der Waals surface area contributed by atoms with Gasteiger partial charge in [-0.25, -0.2) is 4.68 Å². The Hall–Kier alpha value is -1.77. The van der Waals surface area contributed by atoms with Gasteiger partial charge in [-0.2, -0.15) is 5.10 Å². The summed E-state index contributed by atoms with van der Waals surface area (Å²) in [5, 5.41) is 7.86. The van der Waals surface area contributed by atoms with E-state index >= 15 is 0 Å². The summed E-state index contributed by atoms with van der Waals surface area (Å²) < 4.78 is 1.88. The van der Waals surface area contributed by atoms with Crippen LogP contribution >= 0.6 is 0 Å². The van der Waals surface area contributed by atoms with Crippen molar-refractivity contribution < 1.29 is 0 Å². The van der Waals surface area contributed by atoms with Gasteiger partial charge in [-0.15, -0.1) is 0 Å². The number of aromatic nitrogens is 2. The lowest BCUT2D eigenvalue weighted by molar-refractivity contribution is 0.556. The minimum Gasteiger partial charge on any atom is -0.382 e. The second-order valence-electron chi connectivity index (χ2n) is 5.16. The highest BCUT2D eigenvalue weighted by Gasteiger charge is 2.22. The van der Waals surface area contributed by atoms with Gasteiger partial charge < -0.3 is 5.32 Å². The molecule has 2 aromatic rings. The largest absolute Gasteiger partial charge is 0.382 e. The minimum absolute atomic E-state index is 0.639. The second kappa shape index (κ2) is 4.84. The van der Waals surface area contributed by atoms with E-state index in [4.69, 9.17) is 0 Å². The molecule has 1 aromatic heterocycles. The number of hydrogen-bond donors (Lipinski definition) is 1. The number of anilines is 1. The number of nitrogens with zero attached hydrogens (tertiary/aromatic N) is 2. The Bertz CT molecular complexity index is 487. The second-order valence-corrected chi connectivity index (χ2v) is 5.16.